The van der Waals surface area contributed by atoms with Gasteiger partial charge in [0.15, 0.2) is 0 Å². The van der Waals surface area contributed by atoms with Crippen molar-refractivity contribution >= 4 is 18.7 Å². The van der Waals surface area contributed by atoms with Crippen molar-refractivity contribution in [2.75, 3.05) is 6.66 Å². The molecule has 0 spiro atoms. The first kappa shape index (κ1) is 15.1. The number of carbonyl (C=O) groups excluding carboxylic acids is 1. The first-order chi connectivity index (χ1) is 9.18. The number of ether oxygens (including phenoxy) is 1. The van der Waals surface area contributed by atoms with Gasteiger partial charge in [-0.25, -0.2) is 9.46 Å². The Hall–Kier alpha value is -1.28. The minimum atomic E-state index is -2.98. The lowest BCUT2D eigenvalue weighted by molar-refractivity contribution is 0.0573. The number of hydrogen-bond donors (Lipinski definition) is 0. The Morgan fingerprint density at radius 1 is 1.25 bits per heavy atom. The van der Waals surface area contributed by atoms with Gasteiger partial charge in [0, 0.05) is 12.0 Å². The molecule has 0 saturated carbocycles. The lowest BCUT2D eigenvalue weighted by Gasteiger charge is -2.35. The topological polar surface area (TPSA) is 46.6 Å². The van der Waals surface area contributed by atoms with Gasteiger partial charge in [0.1, 0.15) is 5.60 Å². The third-order valence-corrected chi connectivity index (χ3v) is 6.28. The van der Waals surface area contributed by atoms with E-state index < -0.39 is 19.0 Å². The average Bonchev–Trinajstić information content (AvgIpc) is 2.60. The van der Waals surface area contributed by atoms with Crippen molar-refractivity contribution in [3.05, 3.63) is 30.3 Å². The highest BCUT2D eigenvalue weighted by Gasteiger charge is 2.54. The molecule has 2 atom stereocenters. The second-order valence-electron chi connectivity index (χ2n) is 6.22. The predicted molar refractivity (Wildman–Crippen MR) is 80.6 cm³/mol. The van der Waals surface area contributed by atoms with Gasteiger partial charge in [-0.05, 0) is 31.9 Å². The predicted octanol–water partition coefficient (Wildman–Crippen LogP) is 3.48. The van der Waals surface area contributed by atoms with E-state index in [0.29, 0.717) is 5.30 Å². The van der Waals surface area contributed by atoms with E-state index in [1.54, 1.807) is 18.8 Å². The number of nitrogens with zero attached hydrogens (tertiary/aromatic N) is 1. The minimum absolute atomic E-state index is 0.161. The maximum Gasteiger partial charge on any atom is 0.416 e. The summed E-state index contributed by atoms with van der Waals surface area (Å²) in [5, 5.41) is 0.681. The van der Waals surface area contributed by atoms with Crippen LogP contribution >= 0.6 is 7.29 Å². The van der Waals surface area contributed by atoms with Crippen molar-refractivity contribution in [1.82, 2.24) is 4.67 Å². The van der Waals surface area contributed by atoms with Crippen LogP contribution in [0.1, 0.15) is 27.7 Å². The van der Waals surface area contributed by atoms with Gasteiger partial charge in [-0.2, -0.15) is 0 Å². The molecule has 0 aliphatic carbocycles. The Morgan fingerprint density at radius 3 is 2.30 bits per heavy atom. The van der Waals surface area contributed by atoms with Crippen LogP contribution in [-0.4, -0.2) is 29.1 Å². The lowest BCUT2D eigenvalue weighted by atomic mass is 9.90. The Bertz CT molecular complexity index is 553. The number of carbonyl (C=O) groups is 1. The third-order valence-electron chi connectivity index (χ3n) is 3.79. The molecule has 20 heavy (non-hydrogen) atoms. The quantitative estimate of drug-likeness (QED) is 0.802. The van der Waals surface area contributed by atoms with Gasteiger partial charge in [0.05, 0.1) is 6.04 Å². The van der Waals surface area contributed by atoms with Crippen LogP contribution < -0.4 is 5.30 Å². The Balaban J connectivity index is 2.50. The fourth-order valence-electron chi connectivity index (χ4n) is 3.05. The second-order valence-corrected chi connectivity index (χ2v) is 8.93. The molecule has 0 N–H and O–H groups in total. The molecule has 1 heterocycles. The standard InChI is InChI=1S/C15H22NO3P/c1-11(2)13-15(3,4)19-14(17)16(13)20(5,18)12-9-7-6-8-10-12/h6-11,13H,1-5H3/t13-,20+/m0/s1. The maximum absolute atomic E-state index is 13.3. The molecular weight excluding hydrogens is 273 g/mol. The third kappa shape index (κ3) is 2.37. The smallest absolute Gasteiger partial charge is 0.416 e. The van der Waals surface area contributed by atoms with Gasteiger partial charge in [-0.1, -0.05) is 32.0 Å². The molecule has 5 heteroatoms. The maximum atomic E-state index is 13.3. The van der Waals surface area contributed by atoms with Crippen molar-refractivity contribution in [3.8, 4) is 0 Å². The molecule has 110 valence electrons. The summed E-state index contributed by atoms with van der Waals surface area (Å²) in [6, 6.07) is 8.94. The fourth-order valence-corrected chi connectivity index (χ4v) is 5.39. The molecule has 2 rings (SSSR count). The zero-order chi connectivity index (χ0) is 15.1. The second kappa shape index (κ2) is 4.92. The van der Waals surface area contributed by atoms with Crippen LogP contribution in [0.3, 0.4) is 0 Å². The Morgan fingerprint density at radius 2 is 1.80 bits per heavy atom. The normalized spacial score (nSPS) is 24.6. The monoisotopic (exact) mass is 295 g/mol. The fraction of sp³-hybridized carbons (Fsp3) is 0.533. The molecule has 0 radical (unpaired) electrons. The van der Waals surface area contributed by atoms with E-state index in [0.717, 1.165) is 0 Å². The Labute approximate surface area is 120 Å². The molecule has 1 amide bonds. The summed E-state index contributed by atoms with van der Waals surface area (Å²) in [4.78, 5) is 12.3. The summed E-state index contributed by atoms with van der Waals surface area (Å²) >= 11 is 0. The van der Waals surface area contributed by atoms with Crippen LogP contribution in [0.5, 0.6) is 0 Å². The molecule has 0 unspecified atom stereocenters. The van der Waals surface area contributed by atoms with E-state index in [1.807, 2.05) is 45.9 Å². The van der Waals surface area contributed by atoms with Crippen molar-refractivity contribution in [1.29, 1.82) is 0 Å². The SMILES string of the molecule is CC(C)[C@@H]1N([P@](C)(=O)c2ccccc2)C(=O)OC1(C)C. The number of hydrogen-bond acceptors (Lipinski definition) is 3. The summed E-state index contributed by atoms with van der Waals surface area (Å²) in [6.07, 6.45) is -0.483. The highest BCUT2D eigenvalue weighted by Crippen LogP contribution is 2.53. The highest BCUT2D eigenvalue weighted by atomic mass is 31.2. The Kier molecular flexibility index (Phi) is 3.72. The van der Waals surface area contributed by atoms with Crippen LogP contribution in [0.4, 0.5) is 4.79 Å². The van der Waals surface area contributed by atoms with Gasteiger partial charge >= 0.3 is 6.09 Å². The molecule has 1 aliphatic heterocycles. The average molecular weight is 295 g/mol. The molecule has 4 nitrogen and oxygen atoms in total. The van der Waals surface area contributed by atoms with Gasteiger partial charge in [-0.3, -0.25) is 4.57 Å². The summed E-state index contributed by atoms with van der Waals surface area (Å²) in [7, 11) is -2.98. The van der Waals surface area contributed by atoms with Gasteiger partial charge in [-0.15, -0.1) is 0 Å². The van der Waals surface area contributed by atoms with E-state index in [4.69, 9.17) is 4.74 Å². The van der Waals surface area contributed by atoms with Gasteiger partial charge in [0.25, 0.3) is 0 Å². The minimum Gasteiger partial charge on any atom is -0.441 e. The molecule has 0 bridgehead atoms. The number of cyclic esters (lactones) is 1. The molecular formula is C15H22NO3P. The molecule has 1 fully saturated rings. The molecule has 0 aromatic heterocycles. The van der Waals surface area contributed by atoms with E-state index in [9.17, 15) is 9.36 Å². The summed E-state index contributed by atoms with van der Waals surface area (Å²) in [5.41, 5.74) is -0.633. The largest absolute Gasteiger partial charge is 0.441 e. The highest BCUT2D eigenvalue weighted by molar-refractivity contribution is 7.69. The summed E-state index contributed by atoms with van der Waals surface area (Å²) < 4.78 is 20.2. The molecule has 1 aromatic rings. The van der Waals surface area contributed by atoms with Gasteiger partial charge in [0.2, 0.25) is 7.29 Å². The number of amides is 1. The first-order valence-electron chi connectivity index (χ1n) is 6.83. The van der Waals surface area contributed by atoms with E-state index in [2.05, 4.69) is 0 Å². The van der Waals surface area contributed by atoms with E-state index in [1.165, 1.54) is 4.67 Å². The van der Waals surface area contributed by atoms with Crippen LogP contribution in [-0.2, 0) is 9.30 Å². The van der Waals surface area contributed by atoms with Crippen molar-refractivity contribution < 1.29 is 14.1 Å². The van der Waals surface area contributed by atoms with Crippen LogP contribution in [0.2, 0.25) is 0 Å². The van der Waals surface area contributed by atoms with Crippen LogP contribution in [0.15, 0.2) is 30.3 Å². The zero-order valence-electron chi connectivity index (χ0n) is 12.7. The van der Waals surface area contributed by atoms with Crippen molar-refractivity contribution in [2.45, 2.75) is 39.3 Å². The van der Waals surface area contributed by atoms with Gasteiger partial charge < -0.3 is 4.74 Å². The number of rotatable bonds is 3. The van der Waals surface area contributed by atoms with Crippen LogP contribution in [0.25, 0.3) is 0 Å². The zero-order valence-corrected chi connectivity index (χ0v) is 13.6. The number of benzene rings is 1. The van der Waals surface area contributed by atoms with E-state index >= 15 is 0 Å². The van der Waals surface area contributed by atoms with Crippen molar-refractivity contribution in [3.63, 3.8) is 0 Å². The summed E-state index contributed by atoms with van der Waals surface area (Å²) in [5.74, 6) is 0.161. The van der Waals surface area contributed by atoms with Crippen molar-refractivity contribution in [2.24, 2.45) is 5.92 Å². The lowest BCUT2D eigenvalue weighted by Crippen LogP contribution is -2.44. The molecule has 1 saturated heterocycles. The van der Waals surface area contributed by atoms with E-state index in [-0.39, 0.29) is 12.0 Å². The first-order valence-corrected chi connectivity index (χ1v) is 8.94. The van der Waals surface area contributed by atoms with Crippen LogP contribution in [0, 0.1) is 5.92 Å². The summed E-state index contributed by atoms with van der Waals surface area (Å²) in [6.45, 7) is 9.43. The molecule has 1 aromatic carbocycles. The molecule has 1 aliphatic rings.